The molecular weight excluding hydrogens is 745 g/mol. The predicted molar refractivity (Wildman–Crippen MR) is 263 cm³/mol. The maximum absolute atomic E-state index is 2.42. The van der Waals surface area contributed by atoms with Crippen LogP contribution in [0.2, 0.25) is 0 Å². The van der Waals surface area contributed by atoms with Gasteiger partial charge in [-0.1, -0.05) is 255 Å². The highest BCUT2D eigenvalue weighted by Crippen LogP contribution is 2.50. The van der Waals surface area contributed by atoms with Crippen molar-refractivity contribution in [3.05, 3.63) is 289 Å². The second kappa shape index (κ2) is 17.7. The van der Waals surface area contributed by atoms with E-state index < -0.39 is 0 Å². The molecule has 0 radical (unpaired) electrons. The normalized spacial score (nSPS) is 10.9. The molecule has 0 aliphatic heterocycles. The van der Waals surface area contributed by atoms with E-state index in [1.165, 1.54) is 89.0 Å². The van der Waals surface area contributed by atoms with Gasteiger partial charge in [-0.15, -0.1) is 0 Å². The SMILES string of the molecule is c1ccc(C(=C(c2ccccc2)c2cccc(-c3ccc(-c4cc(-c5ccccc5)c(-c5ccccc5)c(-c5ccccc5)c4-c4ccccc4)cc3)c2)c2ccccc2)cc1. The van der Waals surface area contributed by atoms with Gasteiger partial charge in [0.25, 0.3) is 0 Å². The fourth-order valence-corrected chi connectivity index (χ4v) is 8.88. The Kier molecular flexibility index (Phi) is 10.9. The monoisotopic (exact) mass is 788 g/mol. The van der Waals surface area contributed by atoms with E-state index in [1.807, 2.05) is 0 Å². The van der Waals surface area contributed by atoms with Gasteiger partial charge in [-0.3, -0.25) is 0 Å². The van der Waals surface area contributed by atoms with E-state index in [0.717, 1.165) is 11.1 Å². The van der Waals surface area contributed by atoms with Crippen molar-refractivity contribution in [2.45, 2.75) is 0 Å². The highest BCUT2D eigenvalue weighted by atomic mass is 14.3. The Bertz CT molecular complexity index is 3040. The molecule has 292 valence electrons. The second-order valence-electron chi connectivity index (χ2n) is 15.6. The summed E-state index contributed by atoms with van der Waals surface area (Å²) in [5.41, 5.74) is 21.4. The van der Waals surface area contributed by atoms with E-state index in [0.29, 0.717) is 0 Å². The average Bonchev–Trinajstić information content (AvgIpc) is 3.37. The molecule has 0 aliphatic carbocycles. The maximum Gasteiger partial charge on any atom is -0.00143 e. The molecule has 0 amide bonds. The molecule has 10 aromatic carbocycles. The summed E-state index contributed by atoms with van der Waals surface area (Å²) >= 11 is 0. The van der Waals surface area contributed by atoms with Gasteiger partial charge in [0.1, 0.15) is 0 Å². The standard InChI is InChI=1S/C62H44/c1-8-23-46(24-9-1)56-44-57(61(52-33-18-6-19-34-52)62(53-35-20-7-21-36-53)60(56)51-31-16-5-17-32-51)47-41-39-45(40-42-47)54-37-22-38-55(43-54)59(50-29-14-4-15-30-50)58(48-25-10-2-11-26-48)49-27-12-3-13-28-49/h1-44H. The van der Waals surface area contributed by atoms with E-state index in [9.17, 15) is 0 Å². The lowest BCUT2D eigenvalue weighted by Gasteiger charge is -2.24. The molecule has 0 atom stereocenters. The molecule has 10 rings (SSSR count). The summed E-state index contributed by atoms with van der Waals surface area (Å²) < 4.78 is 0. The fraction of sp³-hybridized carbons (Fsp3) is 0. The van der Waals surface area contributed by atoms with Crippen LogP contribution in [-0.4, -0.2) is 0 Å². The lowest BCUT2D eigenvalue weighted by Crippen LogP contribution is -1.98. The van der Waals surface area contributed by atoms with Gasteiger partial charge < -0.3 is 0 Å². The Balaban J connectivity index is 1.17. The third kappa shape index (κ3) is 7.74. The van der Waals surface area contributed by atoms with Crippen molar-refractivity contribution in [1.29, 1.82) is 0 Å². The fourth-order valence-electron chi connectivity index (χ4n) is 8.88. The van der Waals surface area contributed by atoms with E-state index in [4.69, 9.17) is 0 Å². The van der Waals surface area contributed by atoms with Crippen LogP contribution in [-0.2, 0) is 0 Å². The molecule has 62 heavy (non-hydrogen) atoms. The predicted octanol–water partition coefficient (Wildman–Crippen LogP) is 16.7. The van der Waals surface area contributed by atoms with Gasteiger partial charge in [-0.05, 0) is 112 Å². The third-order valence-corrected chi connectivity index (χ3v) is 11.7. The number of rotatable bonds is 10. The minimum atomic E-state index is 1.16. The zero-order valence-corrected chi connectivity index (χ0v) is 34.4. The van der Waals surface area contributed by atoms with Crippen LogP contribution in [0.3, 0.4) is 0 Å². The largest absolute Gasteiger partial charge is 0.0622 e. The summed E-state index contributed by atoms with van der Waals surface area (Å²) in [7, 11) is 0. The molecule has 0 aliphatic rings. The van der Waals surface area contributed by atoms with Gasteiger partial charge in [0.2, 0.25) is 0 Å². The van der Waals surface area contributed by atoms with Crippen LogP contribution >= 0.6 is 0 Å². The van der Waals surface area contributed by atoms with Crippen molar-refractivity contribution in [3.63, 3.8) is 0 Å². The summed E-state index contributed by atoms with van der Waals surface area (Å²) in [6.45, 7) is 0. The van der Waals surface area contributed by atoms with Gasteiger partial charge in [-0.25, -0.2) is 0 Å². The zero-order chi connectivity index (χ0) is 41.5. The Morgan fingerprint density at radius 1 is 0.177 bits per heavy atom. The van der Waals surface area contributed by atoms with E-state index in [2.05, 4.69) is 267 Å². The summed E-state index contributed by atoms with van der Waals surface area (Å²) in [6, 6.07) is 96.6. The van der Waals surface area contributed by atoms with E-state index in [1.54, 1.807) is 0 Å². The maximum atomic E-state index is 2.42. The Morgan fingerprint density at radius 2 is 0.468 bits per heavy atom. The molecule has 0 heterocycles. The third-order valence-electron chi connectivity index (χ3n) is 11.7. The van der Waals surface area contributed by atoms with E-state index in [-0.39, 0.29) is 0 Å². The summed E-state index contributed by atoms with van der Waals surface area (Å²) in [5, 5.41) is 0. The van der Waals surface area contributed by atoms with Crippen molar-refractivity contribution in [2.24, 2.45) is 0 Å². The van der Waals surface area contributed by atoms with Crippen molar-refractivity contribution in [2.75, 3.05) is 0 Å². The second-order valence-corrected chi connectivity index (χ2v) is 15.6. The van der Waals surface area contributed by atoms with Crippen LogP contribution in [0.1, 0.15) is 22.3 Å². The highest BCUT2D eigenvalue weighted by Gasteiger charge is 2.24. The minimum absolute atomic E-state index is 1.16. The zero-order valence-electron chi connectivity index (χ0n) is 34.4. The number of hydrogen-bond acceptors (Lipinski definition) is 0. The molecule has 0 unspecified atom stereocenters. The van der Waals surface area contributed by atoms with Crippen molar-refractivity contribution in [1.82, 2.24) is 0 Å². The Labute approximate surface area is 365 Å². The van der Waals surface area contributed by atoms with Gasteiger partial charge in [0, 0.05) is 0 Å². The van der Waals surface area contributed by atoms with Crippen LogP contribution < -0.4 is 0 Å². The summed E-state index contributed by atoms with van der Waals surface area (Å²) in [5.74, 6) is 0. The number of benzene rings is 10. The summed E-state index contributed by atoms with van der Waals surface area (Å²) in [4.78, 5) is 0. The Morgan fingerprint density at radius 3 is 0.887 bits per heavy atom. The average molecular weight is 789 g/mol. The quantitative estimate of drug-likeness (QED) is 0.121. The molecular formula is C62H44. The number of hydrogen-bond donors (Lipinski definition) is 0. The first kappa shape index (κ1) is 38.2. The van der Waals surface area contributed by atoms with Gasteiger partial charge in [0.15, 0.2) is 0 Å². The van der Waals surface area contributed by atoms with Crippen LogP contribution in [0.15, 0.2) is 267 Å². The van der Waals surface area contributed by atoms with Crippen molar-refractivity contribution in [3.8, 4) is 66.8 Å². The molecule has 0 aromatic heterocycles. The molecule has 0 heteroatoms. The molecule has 10 aromatic rings. The first-order valence-corrected chi connectivity index (χ1v) is 21.3. The molecule has 0 bridgehead atoms. The lowest BCUT2D eigenvalue weighted by molar-refractivity contribution is 1.49. The van der Waals surface area contributed by atoms with Crippen LogP contribution in [0.5, 0.6) is 0 Å². The molecule has 0 spiro atoms. The molecule has 0 saturated heterocycles. The first-order valence-electron chi connectivity index (χ1n) is 21.3. The van der Waals surface area contributed by atoms with Crippen molar-refractivity contribution < 1.29 is 0 Å². The molecule has 0 saturated carbocycles. The lowest BCUT2D eigenvalue weighted by atomic mass is 9.79. The smallest absolute Gasteiger partial charge is 0.00143 e. The topological polar surface area (TPSA) is 0 Å². The Hall–Kier alpha value is -8.06. The van der Waals surface area contributed by atoms with E-state index >= 15 is 0 Å². The van der Waals surface area contributed by atoms with Crippen molar-refractivity contribution >= 4 is 11.1 Å². The molecule has 0 N–H and O–H groups in total. The summed E-state index contributed by atoms with van der Waals surface area (Å²) in [6.07, 6.45) is 0. The van der Waals surface area contributed by atoms with Gasteiger partial charge >= 0.3 is 0 Å². The molecule has 0 fully saturated rings. The molecule has 0 nitrogen and oxygen atoms in total. The van der Waals surface area contributed by atoms with Crippen LogP contribution in [0.4, 0.5) is 0 Å². The van der Waals surface area contributed by atoms with Crippen LogP contribution in [0.25, 0.3) is 77.9 Å². The minimum Gasteiger partial charge on any atom is -0.0622 e. The van der Waals surface area contributed by atoms with Gasteiger partial charge in [0.05, 0.1) is 0 Å². The first-order chi connectivity index (χ1) is 30.8. The van der Waals surface area contributed by atoms with Crippen LogP contribution in [0, 0.1) is 0 Å². The highest BCUT2D eigenvalue weighted by molar-refractivity contribution is 6.08. The van der Waals surface area contributed by atoms with Gasteiger partial charge in [-0.2, -0.15) is 0 Å².